The number of hydrogen-bond acceptors (Lipinski definition) is 3. The molecule has 1 saturated heterocycles. The first-order valence-corrected chi connectivity index (χ1v) is 7.23. The van der Waals surface area contributed by atoms with Crippen molar-refractivity contribution >= 4 is 15.9 Å². The Morgan fingerprint density at radius 2 is 2.17 bits per heavy atom. The molecule has 100 valence electrons. The van der Waals surface area contributed by atoms with Crippen LogP contribution in [0.5, 0.6) is 5.75 Å². The van der Waals surface area contributed by atoms with Crippen molar-refractivity contribution in [1.82, 2.24) is 5.32 Å². The van der Waals surface area contributed by atoms with Gasteiger partial charge in [0.15, 0.2) is 0 Å². The van der Waals surface area contributed by atoms with Crippen molar-refractivity contribution in [2.24, 2.45) is 5.92 Å². The standard InChI is InChI=1S/C14H20BrNO2/c1-16-9-12-3-2-4-13(15)14(12)18-10-11-5-7-17-8-6-11/h2-4,11,16H,5-10H2,1H3. The second-order valence-corrected chi connectivity index (χ2v) is 5.48. The summed E-state index contributed by atoms with van der Waals surface area (Å²) in [4.78, 5) is 0. The zero-order valence-electron chi connectivity index (χ0n) is 10.7. The first-order chi connectivity index (χ1) is 8.81. The lowest BCUT2D eigenvalue weighted by Crippen LogP contribution is -2.22. The van der Waals surface area contributed by atoms with Crippen molar-refractivity contribution in [2.75, 3.05) is 26.9 Å². The molecule has 0 radical (unpaired) electrons. The van der Waals surface area contributed by atoms with Crippen LogP contribution < -0.4 is 10.1 Å². The zero-order chi connectivity index (χ0) is 12.8. The van der Waals surface area contributed by atoms with E-state index in [0.717, 1.165) is 49.4 Å². The highest BCUT2D eigenvalue weighted by molar-refractivity contribution is 9.10. The lowest BCUT2D eigenvalue weighted by Gasteiger charge is -2.23. The summed E-state index contributed by atoms with van der Waals surface area (Å²) in [5.41, 5.74) is 1.19. The van der Waals surface area contributed by atoms with E-state index in [1.165, 1.54) is 5.56 Å². The van der Waals surface area contributed by atoms with Gasteiger partial charge in [0, 0.05) is 25.3 Å². The van der Waals surface area contributed by atoms with Crippen LogP contribution in [0.4, 0.5) is 0 Å². The molecule has 0 aliphatic carbocycles. The quantitative estimate of drug-likeness (QED) is 0.906. The van der Waals surface area contributed by atoms with Gasteiger partial charge in [-0.3, -0.25) is 0 Å². The predicted molar refractivity (Wildman–Crippen MR) is 75.9 cm³/mol. The van der Waals surface area contributed by atoms with Gasteiger partial charge in [-0.15, -0.1) is 0 Å². The number of halogens is 1. The second-order valence-electron chi connectivity index (χ2n) is 4.63. The SMILES string of the molecule is CNCc1cccc(Br)c1OCC1CCOCC1. The molecule has 1 aliphatic heterocycles. The van der Waals surface area contributed by atoms with Gasteiger partial charge >= 0.3 is 0 Å². The minimum Gasteiger partial charge on any atom is -0.492 e. The molecule has 0 spiro atoms. The van der Waals surface area contributed by atoms with Gasteiger partial charge in [0.1, 0.15) is 5.75 Å². The molecule has 0 bridgehead atoms. The van der Waals surface area contributed by atoms with Crippen molar-refractivity contribution in [1.29, 1.82) is 0 Å². The fraction of sp³-hybridized carbons (Fsp3) is 0.571. The number of rotatable bonds is 5. The van der Waals surface area contributed by atoms with E-state index in [2.05, 4.69) is 27.3 Å². The third-order valence-electron chi connectivity index (χ3n) is 3.22. The Morgan fingerprint density at radius 1 is 1.39 bits per heavy atom. The van der Waals surface area contributed by atoms with Gasteiger partial charge in [0.2, 0.25) is 0 Å². The Labute approximate surface area is 117 Å². The normalized spacial score (nSPS) is 16.8. The highest BCUT2D eigenvalue weighted by atomic mass is 79.9. The maximum Gasteiger partial charge on any atom is 0.137 e. The molecule has 1 fully saturated rings. The predicted octanol–water partition coefficient (Wildman–Crippen LogP) is 2.97. The molecule has 3 nitrogen and oxygen atoms in total. The maximum atomic E-state index is 6.02. The molecular formula is C14H20BrNO2. The molecule has 0 amide bonds. The molecule has 0 unspecified atom stereocenters. The van der Waals surface area contributed by atoms with Crippen LogP contribution in [0.25, 0.3) is 0 Å². The highest BCUT2D eigenvalue weighted by Gasteiger charge is 2.16. The van der Waals surface area contributed by atoms with Crippen LogP contribution in [-0.4, -0.2) is 26.9 Å². The molecule has 0 atom stereocenters. The van der Waals surface area contributed by atoms with Crippen molar-refractivity contribution in [3.8, 4) is 5.75 Å². The molecule has 2 rings (SSSR count). The fourth-order valence-electron chi connectivity index (χ4n) is 2.16. The third-order valence-corrected chi connectivity index (χ3v) is 3.84. The minimum atomic E-state index is 0.619. The van der Waals surface area contributed by atoms with Crippen molar-refractivity contribution < 1.29 is 9.47 Å². The summed E-state index contributed by atoms with van der Waals surface area (Å²) in [5.74, 6) is 1.59. The number of nitrogens with one attached hydrogen (secondary N) is 1. The Morgan fingerprint density at radius 3 is 2.89 bits per heavy atom. The van der Waals surface area contributed by atoms with Gasteiger partial charge in [-0.05, 0) is 47.8 Å². The largest absolute Gasteiger partial charge is 0.492 e. The van der Waals surface area contributed by atoms with Gasteiger partial charge in [0.05, 0.1) is 11.1 Å². The van der Waals surface area contributed by atoms with E-state index in [4.69, 9.17) is 9.47 Å². The number of benzene rings is 1. The van der Waals surface area contributed by atoms with Crippen molar-refractivity contribution in [3.05, 3.63) is 28.2 Å². The van der Waals surface area contributed by atoms with Crippen LogP contribution >= 0.6 is 15.9 Å². The van der Waals surface area contributed by atoms with Crippen LogP contribution in [0.15, 0.2) is 22.7 Å². The summed E-state index contributed by atoms with van der Waals surface area (Å²) < 4.78 is 12.4. The summed E-state index contributed by atoms with van der Waals surface area (Å²) in [6.45, 7) is 3.34. The lowest BCUT2D eigenvalue weighted by molar-refractivity contribution is 0.0495. The van der Waals surface area contributed by atoms with Crippen LogP contribution in [0.2, 0.25) is 0 Å². The van der Waals surface area contributed by atoms with Crippen LogP contribution in [0, 0.1) is 5.92 Å². The second kappa shape index (κ2) is 7.12. The zero-order valence-corrected chi connectivity index (χ0v) is 12.3. The number of para-hydroxylation sites is 1. The molecule has 1 N–H and O–H groups in total. The molecule has 0 saturated carbocycles. The molecule has 4 heteroatoms. The van der Waals surface area contributed by atoms with Crippen molar-refractivity contribution in [3.63, 3.8) is 0 Å². The van der Waals surface area contributed by atoms with Crippen LogP contribution in [-0.2, 0) is 11.3 Å². The average Bonchev–Trinajstić information content (AvgIpc) is 2.40. The van der Waals surface area contributed by atoms with E-state index in [9.17, 15) is 0 Å². The Balaban J connectivity index is 1.98. The van der Waals surface area contributed by atoms with Crippen molar-refractivity contribution in [2.45, 2.75) is 19.4 Å². The van der Waals surface area contributed by atoms with Gasteiger partial charge in [0.25, 0.3) is 0 Å². The Hall–Kier alpha value is -0.580. The van der Waals surface area contributed by atoms with Gasteiger partial charge < -0.3 is 14.8 Å². The van der Waals surface area contributed by atoms with Crippen LogP contribution in [0.1, 0.15) is 18.4 Å². The van der Waals surface area contributed by atoms with Gasteiger partial charge in [-0.2, -0.15) is 0 Å². The highest BCUT2D eigenvalue weighted by Crippen LogP contribution is 2.30. The summed E-state index contributed by atoms with van der Waals surface area (Å²) in [7, 11) is 1.95. The van der Waals surface area contributed by atoms with E-state index in [1.807, 2.05) is 19.2 Å². The van der Waals surface area contributed by atoms with Crippen LogP contribution in [0.3, 0.4) is 0 Å². The van der Waals surface area contributed by atoms with E-state index in [1.54, 1.807) is 0 Å². The molecule has 18 heavy (non-hydrogen) atoms. The summed E-state index contributed by atoms with van der Waals surface area (Å²) >= 11 is 3.56. The molecule has 1 aromatic carbocycles. The molecule has 1 aromatic rings. The third kappa shape index (κ3) is 3.70. The molecule has 1 aliphatic rings. The van der Waals surface area contributed by atoms with Gasteiger partial charge in [-0.1, -0.05) is 12.1 Å². The van der Waals surface area contributed by atoms with E-state index < -0.39 is 0 Å². The molecule has 1 heterocycles. The first-order valence-electron chi connectivity index (χ1n) is 6.44. The van der Waals surface area contributed by atoms with E-state index in [0.29, 0.717) is 5.92 Å². The van der Waals surface area contributed by atoms with E-state index in [-0.39, 0.29) is 0 Å². The smallest absolute Gasteiger partial charge is 0.137 e. The molecular weight excluding hydrogens is 294 g/mol. The first kappa shape index (κ1) is 13.8. The van der Waals surface area contributed by atoms with E-state index >= 15 is 0 Å². The minimum absolute atomic E-state index is 0.619. The summed E-state index contributed by atoms with van der Waals surface area (Å²) in [6.07, 6.45) is 2.21. The monoisotopic (exact) mass is 313 g/mol. The fourth-order valence-corrected chi connectivity index (χ4v) is 2.68. The summed E-state index contributed by atoms with van der Waals surface area (Å²) in [5, 5.41) is 3.17. The number of ether oxygens (including phenoxy) is 2. The maximum absolute atomic E-state index is 6.02. The average molecular weight is 314 g/mol. The Bertz CT molecular complexity index is 378. The van der Waals surface area contributed by atoms with Gasteiger partial charge in [-0.25, -0.2) is 0 Å². The lowest BCUT2D eigenvalue weighted by atomic mass is 10.0. The number of hydrogen-bond donors (Lipinski definition) is 1. The topological polar surface area (TPSA) is 30.5 Å². The summed E-state index contributed by atoms with van der Waals surface area (Å²) in [6, 6.07) is 6.16. The molecule has 0 aromatic heterocycles. The Kier molecular flexibility index (Phi) is 5.47.